The predicted octanol–water partition coefficient (Wildman–Crippen LogP) is 8.49. The van der Waals surface area contributed by atoms with Gasteiger partial charge in [0, 0.05) is 90.7 Å². The van der Waals surface area contributed by atoms with Crippen molar-refractivity contribution in [3.8, 4) is 22.6 Å². The van der Waals surface area contributed by atoms with Crippen LogP contribution in [0.2, 0.25) is 5.02 Å². The fraction of sp³-hybridized carbons (Fsp3) is 0.463. The summed E-state index contributed by atoms with van der Waals surface area (Å²) < 4.78 is 77.6. The molecule has 5 aliphatic rings. The summed E-state index contributed by atoms with van der Waals surface area (Å²) in [6.45, 7) is 4.83. The minimum Gasteiger partial charge on any atom is -0.494 e. The van der Waals surface area contributed by atoms with Crippen LogP contribution < -0.4 is 25.8 Å². The van der Waals surface area contributed by atoms with Gasteiger partial charge in [-0.3, -0.25) is 29.2 Å². The second kappa shape index (κ2) is 19.8. The first-order chi connectivity index (χ1) is 34.6. The highest BCUT2D eigenvalue weighted by Crippen LogP contribution is 2.56. The molecule has 4 fully saturated rings. The molecular weight excluding hydrogens is 954 g/mol. The highest BCUT2D eigenvalue weighted by Gasteiger charge is 2.50. The van der Waals surface area contributed by atoms with Crippen molar-refractivity contribution in [1.29, 1.82) is 0 Å². The number of nitrogens with one attached hydrogen (secondary N) is 2. The molecule has 3 atom stereocenters. The molecule has 3 saturated heterocycles. The van der Waals surface area contributed by atoms with E-state index in [2.05, 4.69) is 20.6 Å². The fourth-order valence-corrected chi connectivity index (χ4v) is 12.7. The number of halogens is 5. The zero-order chi connectivity index (χ0) is 50.7. The van der Waals surface area contributed by atoms with Gasteiger partial charge >= 0.3 is 0 Å². The number of aromatic nitrogens is 2. The van der Waals surface area contributed by atoms with E-state index >= 15 is 17.6 Å². The summed E-state index contributed by atoms with van der Waals surface area (Å²) in [6.07, 6.45) is 6.02. The number of hydrogen-bond acceptors (Lipinski definition) is 9. The molecule has 5 heterocycles. The monoisotopic (exact) mass is 1010 g/mol. The van der Waals surface area contributed by atoms with E-state index in [1.165, 1.54) is 36.1 Å². The SMILES string of the molecule is COc1ccc(C(N)=O)c(-c2c(Cl)c(F)cc3c2C(C)C(CNC2CCC(C(=O)N4CCC(N5CCC(c6c(F)cc7c(C8CCC(=O)NC8=O)nn(C)c7c6F)CC5)CC4)CC2)(c2ccccc2)O3)c1F. The van der Waals surface area contributed by atoms with Crippen LogP contribution in [0.15, 0.2) is 54.6 Å². The molecule has 4 N–H and O–H groups in total. The van der Waals surface area contributed by atoms with Crippen LogP contribution in [0.4, 0.5) is 17.6 Å². The first kappa shape index (κ1) is 49.5. The maximum Gasteiger partial charge on any atom is 0.249 e. The summed E-state index contributed by atoms with van der Waals surface area (Å²) in [5.41, 5.74) is 5.87. The quantitative estimate of drug-likeness (QED) is 0.0871. The van der Waals surface area contributed by atoms with Crippen molar-refractivity contribution in [2.75, 3.05) is 39.8 Å². The van der Waals surface area contributed by atoms with Gasteiger partial charge in [0.25, 0.3) is 0 Å². The number of nitrogens with zero attached hydrogens (tertiary/aromatic N) is 4. The zero-order valence-electron chi connectivity index (χ0n) is 40.5. The Labute approximate surface area is 419 Å². The molecule has 13 nitrogen and oxygen atoms in total. The van der Waals surface area contributed by atoms with Crippen LogP contribution in [0.1, 0.15) is 122 Å². The molecule has 10 rings (SSSR count). The van der Waals surface area contributed by atoms with E-state index in [0.717, 1.165) is 31.2 Å². The summed E-state index contributed by atoms with van der Waals surface area (Å²) in [5.74, 6) is -6.45. The van der Waals surface area contributed by atoms with Crippen molar-refractivity contribution in [1.82, 2.24) is 30.2 Å². The van der Waals surface area contributed by atoms with Gasteiger partial charge in [-0.25, -0.2) is 17.6 Å². The Bertz CT molecular complexity index is 2970. The number of primary amides is 1. The Morgan fingerprint density at radius 3 is 2.26 bits per heavy atom. The molecule has 1 aromatic heterocycles. The summed E-state index contributed by atoms with van der Waals surface area (Å²) >= 11 is 6.69. The van der Waals surface area contributed by atoms with Crippen LogP contribution in [0.5, 0.6) is 11.5 Å². The number of ether oxygens (including phenoxy) is 2. The smallest absolute Gasteiger partial charge is 0.249 e. The number of rotatable bonds is 11. The summed E-state index contributed by atoms with van der Waals surface area (Å²) in [5, 5.41) is 10.3. The molecule has 380 valence electrons. The molecule has 0 spiro atoms. The summed E-state index contributed by atoms with van der Waals surface area (Å²) in [7, 11) is 2.87. The Hall–Kier alpha value is -6.04. The van der Waals surface area contributed by atoms with Crippen molar-refractivity contribution in [2.45, 2.75) is 107 Å². The molecule has 1 saturated carbocycles. The van der Waals surface area contributed by atoms with Crippen LogP contribution in [0.3, 0.4) is 0 Å². The molecule has 3 unspecified atom stereocenters. The molecule has 4 amide bonds. The average Bonchev–Trinajstić information content (AvgIpc) is 3.86. The Balaban J connectivity index is 0.754. The molecule has 72 heavy (non-hydrogen) atoms. The number of hydrogen-bond donors (Lipinski definition) is 3. The van der Waals surface area contributed by atoms with E-state index in [1.807, 2.05) is 42.2 Å². The van der Waals surface area contributed by atoms with Crippen molar-refractivity contribution in [3.63, 3.8) is 0 Å². The standard InChI is InChI=1S/C54H58ClF4N7O6/c1-28-42-40(26-38(57)46(55)45(42)44-34(51(60)68)13-15-39(71-3)47(44)58)72-54(28,31-7-5-4-6-8-31)27-61-32-11-9-30(10-12-32)53(70)66-23-19-33(20-24-66)65-21-17-29(18-22-65)43-37(56)25-36-49(63-64(2)50(36)48(43)59)35-14-16-41(67)62-52(35)69/h4-8,13,15,25-26,28-30,32-33,35,61H,9-12,14,16-24,27H2,1-3H3,(H2,60,68)(H,62,67,69). The Kier molecular flexibility index (Phi) is 13.6. The highest BCUT2D eigenvalue weighted by atomic mass is 35.5. The third kappa shape index (κ3) is 8.67. The number of benzene rings is 4. The first-order valence-corrected chi connectivity index (χ1v) is 25.3. The normalized spacial score (nSPS) is 24.3. The van der Waals surface area contributed by atoms with E-state index in [4.69, 9.17) is 26.8 Å². The third-order valence-electron chi connectivity index (χ3n) is 16.4. The number of nitrogens with two attached hydrogens (primary N) is 1. The molecule has 4 aromatic carbocycles. The Morgan fingerprint density at radius 2 is 1.60 bits per heavy atom. The number of aryl methyl sites for hydroxylation is 1. The van der Waals surface area contributed by atoms with E-state index in [1.54, 1.807) is 7.05 Å². The number of carbonyl (C=O) groups excluding carboxylic acids is 4. The Morgan fingerprint density at radius 1 is 0.889 bits per heavy atom. The topological polar surface area (TPSA) is 161 Å². The molecule has 18 heteroatoms. The van der Waals surface area contributed by atoms with Gasteiger partial charge in [-0.2, -0.15) is 5.10 Å². The van der Waals surface area contributed by atoms with Crippen LogP contribution in [-0.4, -0.2) is 95.1 Å². The van der Waals surface area contributed by atoms with Gasteiger partial charge in [0.1, 0.15) is 22.9 Å². The second-order valence-corrected chi connectivity index (χ2v) is 20.6. The second-order valence-electron chi connectivity index (χ2n) is 20.2. The lowest BCUT2D eigenvalue weighted by Gasteiger charge is -2.43. The van der Waals surface area contributed by atoms with Gasteiger partial charge in [-0.1, -0.05) is 48.9 Å². The molecule has 0 radical (unpaired) electrons. The van der Waals surface area contributed by atoms with E-state index in [-0.39, 0.29) is 104 Å². The van der Waals surface area contributed by atoms with E-state index in [0.29, 0.717) is 64.0 Å². The molecular formula is C54H58ClF4N7O6. The first-order valence-electron chi connectivity index (χ1n) is 25.0. The van der Waals surface area contributed by atoms with Crippen LogP contribution in [0, 0.1) is 29.2 Å². The number of amides is 4. The number of likely N-dealkylation sites (tertiary alicyclic amines) is 2. The maximum atomic E-state index is 16.3. The lowest BCUT2D eigenvalue weighted by molar-refractivity contribution is -0.138. The van der Waals surface area contributed by atoms with Gasteiger partial charge in [0.05, 0.1) is 29.3 Å². The largest absolute Gasteiger partial charge is 0.494 e. The van der Waals surface area contributed by atoms with Crippen molar-refractivity contribution in [3.05, 3.63) is 111 Å². The molecule has 0 bridgehead atoms. The van der Waals surface area contributed by atoms with Gasteiger partial charge in [0.2, 0.25) is 23.6 Å². The van der Waals surface area contributed by atoms with Crippen LogP contribution in [-0.2, 0) is 27.0 Å². The predicted molar refractivity (Wildman–Crippen MR) is 262 cm³/mol. The van der Waals surface area contributed by atoms with Crippen molar-refractivity contribution >= 4 is 46.1 Å². The number of methoxy groups -OCH3 is 1. The number of imide groups is 1. The lowest BCUT2D eigenvalue weighted by atomic mass is 9.77. The maximum absolute atomic E-state index is 16.3. The van der Waals surface area contributed by atoms with Crippen LogP contribution >= 0.6 is 11.6 Å². The van der Waals surface area contributed by atoms with Gasteiger partial charge < -0.3 is 30.3 Å². The minimum absolute atomic E-state index is 0.0241. The summed E-state index contributed by atoms with van der Waals surface area (Å²) in [4.78, 5) is 55.5. The molecule has 4 aliphatic heterocycles. The van der Waals surface area contributed by atoms with E-state index < -0.39 is 52.5 Å². The van der Waals surface area contributed by atoms with Gasteiger partial charge in [-0.05, 0) is 101 Å². The lowest BCUT2D eigenvalue weighted by Crippen LogP contribution is -2.51. The number of fused-ring (bicyclic) bond motifs is 2. The van der Waals surface area contributed by atoms with E-state index in [9.17, 15) is 19.2 Å². The average molecular weight is 1010 g/mol. The van der Waals surface area contributed by atoms with Gasteiger partial charge in [-0.15, -0.1) is 0 Å². The van der Waals surface area contributed by atoms with Crippen molar-refractivity contribution < 1.29 is 46.2 Å². The number of piperidine rings is 3. The molecule has 1 aliphatic carbocycles. The highest BCUT2D eigenvalue weighted by molar-refractivity contribution is 6.34. The fourth-order valence-electron chi connectivity index (χ4n) is 12.5. The van der Waals surface area contributed by atoms with Crippen LogP contribution in [0.25, 0.3) is 22.0 Å². The summed E-state index contributed by atoms with van der Waals surface area (Å²) in [6, 6.07) is 14.9. The zero-order valence-corrected chi connectivity index (χ0v) is 41.2. The third-order valence-corrected chi connectivity index (χ3v) is 16.7. The number of carbonyl (C=O) groups is 4. The molecule has 5 aromatic rings. The van der Waals surface area contributed by atoms with Crippen molar-refractivity contribution in [2.24, 2.45) is 18.7 Å². The van der Waals surface area contributed by atoms with Gasteiger partial charge in [0.15, 0.2) is 23.0 Å². The minimum atomic E-state index is -1.10.